The van der Waals surface area contributed by atoms with Gasteiger partial charge in [-0.1, -0.05) is 22.9 Å². The first-order chi connectivity index (χ1) is 13.7. The molecule has 8 nitrogen and oxygen atoms in total. The predicted octanol–water partition coefficient (Wildman–Crippen LogP) is 1.30. The molecule has 1 aliphatic carbocycles. The Morgan fingerprint density at radius 1 is 1.45 bits per heavy atom. The highest BCUT2D eigenvalue weighted by Gasteiger charge is 2.57. The number of fused-ring (bicyclic) bond motifs is 1. The highest BCUT2D eigenvalue weighted by atomic mass is 79.9. The van der Waals surface area contributed by atoms with Gasteiger partial charge >= 0.3 is 0 Å². The quantitative estimate of drug-likeness (QED) is 0.443. The van der Waals surface area contributed by atoms with Crippen LogP contribution in [0.4, 0.5) is 10.1 Å². The van der Waals surface area contributed by atoms with E-state index in [1.807, 2.05) is 6.92 Å². The van der Waals surface area contributed by atoms with Crippen LogP contribution in [-0.4, -0.2) is 59.2 Å². The largest absolute Gasteiger partial charge is 0.393 e. The lowest BCUT2D eigenvalue weighted by atomic mass is 9.79. The lowest BCUT2D eigenvalue weighted by molar-refractivity contribution is -0.140. The zero-order valence-electron chi connectivity index (χ0n) is 16.0. The molecule has 1 saturated carbocycles. The molecule has 2 atom stereocenters. The summed E-state index contributed by atoms with van der Waals surface area (Å²) in [5.74, 6) is -0.843. The summed E-state index contributed by atoms with van der Waals surface area (Å²) in [5, 5.41) is 21.2. The third-order valence-corrected chi connectivity index (χ3v) is 5.98. The molecule has 0 aromatic heterocycles. The Bertz CT molecular complexity index is 860. The van der Waals surface area contributed by atoms with Gasteiger partial charge in [-0.25, -0.2) is 9.87 Å². The predicted molar refractivity (Wildman–Crippen MR) is 106 cm³/mol. The van der Waals surface area contributed by atoms with E-state index in [1.165, 1.54) is 12.1 Å². The second-order valence-corrected chi connectivity index (χ2v) is 8.32. The number of anilines is 1. The van der Waals surface area contributed by atoms with E-state index in [1.54, 1.807) is 18.0 Å². The van der Waals surface area contributed by atoms with Gasteiger partial charge in [0.15, 0.2) is 5.78 Å². The third kappa shape index (κ3) is 3.89. The van der Waals surface area contributed by atoms with Crippen molar-refractivity contribution in [2.45, 2.75) is 31.9 Å². The van der Waals surface area contributed by atoms with Gasteiger partial charge in [0.25, 0.3) is 5.91 Å². The zero-order chi connectivity index (χ0) is 21.3. The van der Waals surface area contributed by atoms with Crippen LogP contribution in [0.5, 0.6) is 0 Å². The summed E-state index contributed by atoms with van der Waals surface area (Å²) in [6.45, 7) is 0.850. The van der Waals surface area contributed by atoms with Gasteiger partial charge in [-0.2, -0.15) is 0 Å². The normalized spacial score (nSPS) is 23.8. The van der Waals surface area contributed by atoms with Crippen LogP contribution in [0.2, 0.25) is 0 Å². The number of ketones is 1. The molecule has 10 heteroatoms. The standard InChI is InChI=1S/C19H23BrFN3O5/c1-19-6-5-14(27)16(19)24(2)17(22-13-4-3-10(20)7-12(13)21)15(19)18(28)23-29-11(8-25)9-26/h3-4,7,11,16,22,25-26H,5-6,8-9H2,1-2H3,(H,23,28). The van der Waals surface area contributed by atoms with Crippen LogP contribution >= 0.6 is 15.9 Å². The fourth-order valence-corrected chi connectivity index (χ4v) is 4.38. The Morgan fingerprint density at radius 2 is 2.14 bits per heavy atom. The number of aliphatic hydroxyl groups excluding tert-OH is 2. The Balaban J connectivity index is 1.98. The van der Waals surface area contributed by atoms with E-state index in [2.05, 4.69) is 26.7 Å². The van der Waals surface area contributed by atoms with E-state index in [0.29, 0.717) is 23.1 Å². The average molecular weight is 472 g/mol. The number of benzene rings is 1. The minimum Gasteiger partial charge on any atom is -0.393 e. The maximum absolute atomic E-state index is 14.4. The number of hydroxylamine groups is 1. The molecule has 158 valence electrons. The summed E-state index contributed by atoms with van der Waals surface area (Å²) < 4.78 is 15.0. The molecule has 1 aromatic rings. The molecule has 2 aliphatic rings. The van der Waals surface area contributed by atoms with Crippen LogP contribution < -0.4 is 10.8 Å². The molecule has 29 heavy (non-hydrogen) atoms. The smallest absolute Gasteiger partial charge is 0.275 e. The maximum Gasteiger partial charge on any atom is 0.275 e. The number of halogens is 2. The first-order valence-electron chi connectivity index (χ1n) is 9.13. The van der Waals surface area contributed by atoms with Crippen LogP contribution in [0, 0.1) is 11.2 Å². The van der Waals surface area contributed by atoms with E-state index in [-0.39, 0.29) is 17.0 Å². The fourth-order valence-electron chi connectivity index (χ4n) is 4.05. The second kappa shape index (κ2) is 8.39. The molecule has 1 heterocycles. The van der Waals surface area contributed by atoms with Crippen molar-refractivity contribution in [1.29, 1.82) is 0 Å². The van der Waals surface area contributed by atoms with Crippen molar-refractivity contribution in [3.05, 3.63) is 39.9 Å². The maximum atomic E-state index is 14.4. The minimum absolute atomic E-state index is 0.00195. The van der Waals surface area contributed by atoms with E-state index >= 15 is 0 Å². The molecule has 1 fully saturated rings. The zero-order valence-corrected chi connectivity index (χ0v) is 17.6. The number of amides is 1. The fraction of sp³-hybridized carbons (Fsp3) is 0.474. The minimum atomic E-state index is -0.979. The molecule has 0 bridgehead atoms. The molecular weight excluding hydrogens is 449 g/mol. The van der Waals surface area contributed by atoms with E-state index < -0.39 is 42.5 Å². The summed E-state index contributed by atoms with van der Waals surface area (Å²) in [6, 6.07) is 3.92. The molecule has 0 radical (unpaired) electrons. The van der Waals surface area contributed by atoms with Crippen molar-refractivity contribution in [3.63, 3.8) is 0 Å². The molecule has 1 aromatic carbocycles. The topological polar surface area (TPSA) is 111 Å². The highest BCUT2D eigenvalue weighted by Crippen LogP contribution is 2.51. The number of nitrogens with one attached hydrogen (secondary N) is 2. The van der Waals surface area contributed by atoms with Gasteiger partial charge in [-0.3, -0.25) is 14.4 Å². The van der Waals surface area contributed by atoms with Crippen LogP contribution in [-0.2, 0) is 14.4 Å². The van der Waals surface area contributed by atoms with Crippen molar-refractivity contribution >= 4 is 33.3 Å². The molecule has 2 unspecified atom stereocenters. The molecule has 4 N–H and O–H groups in total. The Hall–Kier alpha value is -2.01. The number of rotatable bonds is 7. The Labute approximate surface area is 175 Å². The van der Waals surface area contributed by atoms with Crippen molar-refractivity contribution in [3.8, 4) is 0 Å². The van der Waals surface area contributed by atoms with Crippen molar-refractivity contribution in [2.24, 2.45) is 5.41 Å². The van der Waals surface area contributed by atoms with Crippen molar-refractivity contribution in [2.75, 3.05) is 25.6 Å². The van der Waals surface area contributed by atoms with Crippen LogP contribution in [0.15, 0.2) is 34.1 Å². The lowest BCUT2D eigenvalue weighted by Crippen LogP contribution is -2.41. The first kappa shape index (κ1) is 21.7. The number of carbonyl (C=O) groups is 2. The van der Waals surface area contributed by atoms with Gasteiger partial charge in [0.05, 0.1) is 30.5 Å². The van der Waals surface area contributed by atoms with Gasteiger partial charge in [-0.15, -0.1) is 0 Å². The second-order valence-electron chi connectivity index (χ2n) is 7.41. The summed E-state index contributed by atoms with van der Waals surface area (Å²) in [6.07, 6.45) is -0.187. The van der Waals surface area contributed by atoms with E-state index in [9.17, 15) is 14.0 Å². The monoisotopic (exact) mass is 471 g/mol. The first-order valence-corrected chi connectivity index (χ1v) is 9.92. The van der Waals surface area contributed by atoms with Crippen molar-refractivity contribution < 1.29 is 29.0 Å². The molecule has 1 aliphatic heterocycles. The molecule has 3 rings (SSSR count). The molecule has 0 spiro atoms. The van der Waals surface area contributed by atoms with Crippen molar-refractivity contribution in [1.82, 2.24) is 10.4 Å². The number of carbonyl (C=O) groups excluding carboxylic acids is 2. The lowest BCUT2D eigenvalue weighted by Gasteiger charge is -2.28. The van der Waals surface area contributed by atoms with Gasteiger partial charge in [0.1, 0.15) is 17.7 Å². The highest BCUT2D eigenvalue weighted by molar-refractivity contribution is 9.10. The van der Waals surface area contributed by atoms with Crippen LogP contribution in [0.3, 0.4) is 0 Å². The molecular formula is C19H23BrFN3O5. The van der Waals surface area contributed by atoms with E-state index in [4.69, 9.17) is 15.1 Å². The number of aliphatic hydroxyl groups is 2. The van der Waals surface area contributed by atoms with Gasteiger partial charge in [-0.05, 0) is 24.6 Å². The SMILES string of the molecule is CN1C(Nc2ccc(Br)cc2F)=C(C(=O)NOC(CO)CO)C2(C)CCC(=O)C12. The van der Waals surface area contributed by atoms with Crippen LogP contribution in [0.1, 0.15) is 19.8 Å². The number of nitrogens with zero attached hydrogens (tertiary/aromatic N) is 1. The third-order valence-electron chi connectivity index (χ3n) is 5.48. The number of hydrogen-bond acceptors (Lipinski definition) is 7. The van der Waals surface area contributed by atoms with Gasteiger partial charge in [0.2, 0.25) is 0 Å². The van der Waals surface area contributed by atoms with Gasteiger partial charge < -0.3 is 20.4 Å². The summed E-state index contributed by atoms with van der Waals surface area (Å²) >= 11 is 3.20. The molecule has 1 amide bonds. The number of Topliss-reactive ketones (excluding diaryl/α,β-unsaturated/α-hetero) is 1. The number of likely N-dealkylation sites (N-methyl/N-ethyl adjacent to an activating group) is 1. The summed E-state index contributed by atoms with van der Waals surface area (Å²) in [4.78, 5) is 32.2. The van der Waals surface area contributed by atoms with Crippen LogP contribution in [0.25, 0.3) is 0 Å². The Morgan fingerprint density at radius 3 is 2.76 bits per heavy atom. The van der Waals surface area contributed by atoms with Gasteiger partial charge in [0, 0.05) is 23.4 Å². The average Bonchev–Trinajstić information content (AvgIpc) is 3.09. The Kier molecular flexibility index (Phi) is 6.27. The van der Waals surface area contributed by atoms with E-state index in [0.717, 1.165) is 0 Å². The number of hydrogen-bond donors (Lipinski definition) is 4. The summed E-state index contributed by atoms with van der Waals surface area (Å²) in [7, 11) is 1.68. The molecule has 0 saturated heterocycles. The summed E-state index contributed by atoms with van der Waals surface area (Å²) in [5.41, 5.74) is 1.86.